The minimum Gasteiger partial charge on any atom is -0.451 e. The quantitative estimate of drug-likeness (QED) is 0.398. The Balaban J connectivity index is 1.59. The van der Waals surface area contributed by atoms with E-state index in [2.05, 4.69) is 15.5 Å². The Morgan fingerprint density at radius 3 is 2.56 bits per heavy atom. The molecular formula is C26H26N4O4. The van der Waals surface area contributed by atoms with Crippen molar-refractivity contribution in [2.24, 2.45) is 0 Å². The lowest BCUT2D eigenvalue weighted by Crippen LogP contribution is -2.17. The maximum atomic E-state index is 12.1. The summed E-state index contributed by atoms with van der Waals surface area (Å²) in [5.74, 6) is 0.767. The molecule has 3 heterocycles. The number of hydrogen-bond acceptors (Lipinski definition) is 8. The number of cyclic esters (lactones) is 1. The van der Waals surface area contributed by atoms with Crippen LogP contribution in [0.5, 0.6) is 0 Å². The Kier molecular flexibility index (Phi) is 4.77. The molecule has 174 valence electrons. The number of fused-ring (bicyclic) bond motifs is 2. The molecule has 4 aromatic rings. The van der Waals surface area contributed by atoms with Crippen LogP contribution in [0.25, 0.3) is 22.0 Å². The van der Waals surface area contributed by atoms with Crippen molar-refractivity contribution in [2.75, 3.05) is 5.32 Å². The molecule has 2 aromatic carbocycles. The Hall–Kier alpha value is -3.78. The highest BCUT2D eigenvalue weighted by molar-refractivity contribution is 5.95. The van der Waals surface area contributed by atoms with Crippen molar-refractivity contribution >= 4 is 28.5 Å². The molecule has 0 amide bonds. The van der Waals surface area contributed by atoms with Crippen LogP contribution in [0, 0.1) is 13.8 Å². The number of anilines is 2. The van der Waals surface area contributed by atoms with Crippen LogP contribution < -0.4 is 5.32 Å². The largest absolute Gasteiger partial charge is 0.451 e. The van der Waals surface area contributed by atoms with E-state index in [0.717, 1.165) is 33.5 Å². The highest BCUT2D eigenvalue weighted by Crippen LogP contribution is 2.38. The summed E-state index contributed by atoms with van der Waals surface area (Å²) >= 11 is 0. The third kappa shape index (κ3) is 3.60. The van der Waals surface area contributed by atoms with E-state index >= 15 is 0 Å². The summed E-state index contributed by atoms with van der Waals surface area (Å²) in [7, 11) is 0. The van der Waals surface area contributed by atoms with E-state index in [9.17, 15) is 9.90 Å². The van der Waals surface area contributed by atoms with Crippen LogP contribution in [0.3, 0.4) is 0 Å². The van der Waals surface area contributed by atoms with E-state index in [1.165, 1.54) is 0 Å². The fraction of sp³-hybridized carbons (Fsp3) is 0.308. The summed E-state index contributed by atoms with van der Waals surface area (Å²) < 4.78 is 10.8. The fourth-order valence-electron chi connectivity index (χ4n) is 4.48. The summed E-state index contributed by atoms with van der Waals surface area (Å²) in [5.41, 5.74) is 4.13. The molecule has 1 aliphatic heterocycles. The highest BCUT2D eigenvalue weighted by atomic mass is 16.6. The number of carbonyl (C=O) groups excluding carboxylic acids is 1. The number of ether oxygens (including phenoxy) is 1. The smallest absolute Gasteiger partial charge is 0.339 e. The third-order valence-corrected chi connectivity index (χ3v) is 6.16. The van der Waals surface area contributed by atoms with Gasteiger partial charge < -0.3 is 19.7 Å². The van der Waals surface area contributed by atoms with Gasteiger partial charge in [0.1, 0.15) is 11.4 Å². The Morgan fingerprint density at radius 1 is 1.12 bits per heavy atom. The number of esters is 1. The van der Waals surface area contributed by atoms with Crippen molar-refractivity contribution in [3.8, 4) is 11.1 Å². The van der Waals surface area contributed by atoms with Gasteiger partial charge in [-0.25, -0.2) is 14.8 Å². The maximum Gasteiger partial charge on any atom is 0.339 e. The lowest BCUT2D eigenvalue weighted by Gasteiger charge is -2.21. The van der Waals surface area contributed by atoms with Gasteiger partial charge in [0.25, 0.3) is 0 Å². The summed E-state index contributed by atoms with van der Waals surface area (Å²) in [4.78, 5) is 21.3. The van der Waals surface area contributed by atoms with Crippen molar-refractivity contribution in [3.05, 3.63) is 64.7 Å². The number of hydrogen-bond donors (Lipinski definition) is 2. The monoisotopic (exact) mass is 458 g/mol. The van der Waals surface area contributed by atoms with Gasteiger partial charge in [-0.2, -0.15) is 0 Å². The van der Waals surface area contributed by atoms with E-state index in [1.54, 1.807) is 32.2 Å². The molecule has 0 atom stereocenters. The maximum absolute atomic E-state index is 12.1. The van der Waals surface area contributed by atoms with Crippen LogP contribution >= 0.6 is 0 Å². The first kappa shape index (κ1) is 22.0. The van der Waals surface area contributed by atoms with E-state index in [-0.39, 0.29) is 5.97 Å². The zero-order chi connectivity index (χ0) is 24.4. The van der Waals surface area contributed by atoms with E-state index in [4.69, 9.17) is 14.2 Å². The first-order valence-electron chi connectivity index (χ1n) is 11.1. The molecule has 2 aromatic heterocycles. The van der Waals surface area contributed by atoms with Crippen LogP contribution in [-0.2, 0) is 15.9 Å². The van der Waals surface area contributed by atoms with Crippen LogP contribution in [0.1, 0.15) is 60.6 Å². The summed E-state index contributed by atoms with van der Waals surface area (Å²) in [6, 6.07) is 9.32. The predicted molar refractivity (Wildman–Crippen MR) is 128 cm³/mol. The topological polar surface area (TPSA) is 110 Å². The number of aryl methyl sites for hydroxylation is 2. The number of nitrogens with one attached hydrogen (secondary N) is 1. The lowest BCUT2D eigenvalue weighted by atomic mass is 9.91. The lowest BCUT2D eigenvalue weighted by molar-refractivity contribution is 0.00954. The fourth-order valence-corrected chi connectivity index (χ4v) is 4.48. The van der Waals surface area contributed by atoms with Crippen LogP contribution in [-0.4, -0.2) is 26.2 Å². The number of aromatic nitrogens is 3. The van der Waals surface area contributed by atoms with Gasteiger partial charge in [0.2, 0.25) is 5.95 Å². The van der Waals surface area contributed by atoms with Crippen molar-refractivity contribution < 1.29 is 19.2 Å². The molecule has 0 aliphatic carbocycles. The van der Waals surface area contributed by atoms with Gasteiger partial charge in [0.05, 0.1) is 22.4 Å². The number of carbonyl (C=O) groups is 1. The Morgan fingerprint density at radius 2 is 1.88 bits per heavy atom. The first-order valence-corrected chi connectivity index (χ1v) is 11.1. The van der Waals surface area contributed by atoms with Crippen molar-refractivity contribution in [1.82, 2.24) is 15.1 Å². The summed E-state index contributed by atoms with van der Waals surface area (Å²) in [6.45, 7) is 10.9. The molecule has 0 saturated heterocycles. The second-order valence-electron chi connectivity index (χ2n) is 9.70. The van der Waals surface area contributed by atoms with Gasteiger partial charge in [0, 0.05) is 34.0 Å². The molecule has 8 heteroatoms. The number of benzene rings is 2. The van der Waals surface area contributed by atoms with Gasteiger partial charge in [-0.3, -0.25) is 0 Å². The Labute approximate surface area is 197 Å². The molecule has 2 N–H and O–H groups in total. The Bertz CT molecular complexity index is 1440. The van der Waals surface area contributed by atoms with Crippen LogP contribution in [0.4, 0.5) is 11.6 Å². The molecule has 0 spiro atoms. The predicted octanol–water partition coefficient (Wildman–Crippen LogP) is 5.28. The normalized spacial score (nSPS) is 14.9. The molecule has 0 fully saturated rings. The zero-order valence-corrected chi connectivity index (χ0v) is 20.0. The van der Waals surface area contributed by atoms with E-state index < -0.39 is 11.2 Å². The second kappa shape index (κ2) is 7.36. The van der Waals surface area contributed by atoms with Gasteiger partial charge in [-0.1, -0.05) is 5.16 Å². The molecule has 0 unspecified atom stereocenters. The number of nitrogens with zero attached hydrogens (tertiary/aromatic N) is 3. The minimum absolute atomic E-state index is 0.322. The third-order valence-electron chi connectivity index (χ3n) is 6.16. The summed E-state index contributed by atoms with van der Waals surface area (Å²) in [6.07, 6.45) is 1.73. The summed E-state index contributed by atoms with van der Waals surface area (Å²) in [5, 5.41) is 19.0. The standard InChI is InChI=1S/C26H26N4O4/c1-13-21(14(2)34-30-13)15-9-16-12-27-24(29-22(16)20(10-15)25(3,4)32)28-17-7-8-18-19(11-17)26(5,6)33-23(18)31/h7-12,32H,1-6H3,(H,27,28,29). The van der Waals surface area contributed by atoms with E-state index in [0.29, 0.717) is 28.4 Å². The van der Waals surface area contributed by atoms with Crippen molar-refractivity contribution in [2.45, 2.75) is 52.7 Å². The molecule has 8 nitrogen and oxygen atoms in total. The minimum atomic E-state index is -1.14. The highest BCUT2D eigenvalue weighted by Gasteiger charge is 2.37. The van der Waals surface area contributed by atoms with Gasteiger partial charge >= 0.3 is 5.97 Å². The zero-order valence-electron chi connectivity index (χ0n) is 20.0. The average Bonchev–Trinajstić information content (AvgIpc) is 3.20. The van der Waals surface area contributed by atoms with Gasteiger partial charge in [-0.05, 0) is 77.4 Å². The van der Waals surface area contributed by atoms with Gasteiger partial charge in [0.15, 0.2) is 0 Å². The molecule has 1 aliphatic rings. The van der Waals surface area contributed by atoms with Crippen molar-refractivity contribution in [3.63, 3.8) is 0 Å². The second-order valence-corrected chi connectivity index (χ2v) is 9.70. The number of rotatable bonds is 4. The van der Waals surface area contributed by atoms with Crippen LogP contribution in [0.2, 0.25) is 0 Å². The number of aliphatic hydroxyl groups is 1. The molecule has 0 radical (unpaired) electrons. The molecule has 34 heavy (non-hydrogen) atoms. The van der Waals surface area contributed by atoms with Crippen LogP contribution in [0.15, 0.2) is 41.1 Å². The van der Waals surface area contributed by atoms with Crippen molar-refractivity contribution in [1.29, 1.82) is 0 Å². The van der Waals surface area contributed by atoms with Gasteiger partial charge in [-0.15, -0.1) is 0 Å². The molecular weight excluding hydrogens is 432 g/mol. The molecule has 0 bridgehead atoms. The van der Waals surface area contributed by atoms with E-state index in [1.807, 2.05) is 45.9 Å². The SMILES string of the molecule is Cc1noc(C)c1-c1cc(C(C)(C)O)c2nc(Nc3ccc4c(c3)C(C)(C)OC4=O)ncc2c1. The first-order chi connectivity index (χ1) is 15.9. The molecule has 5 rings (SSSR count). The molecule has 0 saturated carbocycles. The average molecular weight is 459 g/mol.